The number of ether oxygens (including phenoxy) is 1. The van der Waals surface area contributed by atoms with Crippen LogP contribution in [-0.4, -0.2) is 60.1 Å². The molecule has 8 heteroatoms. The van der Waals surface area contributed by atoms with Crippen LogP contribution in [0.15, 0.2) is 42.6 Å². The van der Waals surface area contributed by atoms with E-state index in [0.717, 1.165) is 47.8 Å². The van der Waals surface area contributed by atoms with Crippen LogP contribution in [0.3, 0.4) is 0 Å². The van der Waals surface area contributed by atoms with Gasteiger partial charge in [-0.3, -0.25) is 0 Å². The first kappa shape index (κ1) is 25.2. The Balaban J connectivity index is 1.34. The number of fused-ring (bicyclic) bond motifs is 1. The van der Waals surface area contributed by atoms with Gasteiger partial charge in [0, 0.05) is 30.9 Å². The van der Waals surface area contributed by atoms with Crippen LogP contribution in [0, 0.1) is 11.3 Å². The second-order valence-electron chi connectivity index (χ2n) is 10.3. The summed E-state index contributed by atoms with van der Waals surface area (Å²) >= 11 is 1.62. The van der Waals surface area contributed by atoms with E-state index in [4.69, 9.17) is 4.74 Å². The number of amides is 2. The molecule has 192 valence electrons. The number of likely N-dealkylation sites (tertiary alicyclic amines) is 1. The van der Waals surface area contributed by atoms with Crippen molar-refractivity contribution in [1.82, 2.24) is 20.1 Å². The van der Waals surface area contributed by atoms with E-state index in [2.05, 4.69) is 53.6 Å². The number of carbonyl (C=O) groups is 1. The first-order valence-corrected chi connectivity index (χ1v) is 13.7. The lowest BCUT2D eigenvalue weighted by Gasteiger charge is -2.23. The summed E-state index contributed by atoms with van der Waals surface area (Å²) in [7, 11) is 4.15. The van der Waals surface area contributed by atoms with Crippen molar-refractivity contribution in [2.45, 2.75) is 51.3 Å². The standard InChI is InChI=1S/C29H33N5O2S/c1-18(2)36-26-11-8-19(14-20(26)15-30)28-31-16-27(37-28)24-7-5-6-23-22(24)9-10-25(23)32-29(35)34-13-12-21(17-34)33(3)4/h5-8,11,14,16,18,21,25H,9-10,12-13,17H2,1-4H3,(H,32,35)/t21-,25+/m0/s1. The van der Waals surface area contributed by atoms with Gasteiger partial charge < -0.3 is 19.9 Å². The van der Waals surface area contributed by atoms with Crippen LogP contribution >= 0.6 is 11.3 Å². The summed E-state index contributed by atoms with van der Waals surface area (Å²) < 4.78 is 5.76. The summed E-state index contributed by atoms with van der Waals surface area (Å²) in [5.74, 6) is 0.596. The number of thiazole rings is 1. The van der Waals surface area contributed by atoms with E-state index >= 15 is 0 Å². The monoisotopic (exact) mass is 515 g/mol. The van der Waals surface area contributed by atoms with Crippen molar-refractivity contribution in [2.24, 2.45) is 0 Å². The highest BCUT2D eigenvalue weighted by Gasteiger charge is 2.31. The normalized spacial score (nSPS) is 18.8. The Kier molecular flexibility index (Phi) is 7.18. The van der Waals surface area contributed by atoms with Crippen LogP contribution < -0.4 is 10.1 Å². The van der Waals surface area contributed by atoms with Crippen LogP contribution in [-0.2, 0) is 6.42 Å². The van der Waals surface area contributed by atoms with Gasteiger partial charge in [-0.25, -0.2) is 9.78 Å². The second kappa shape index (κ2) is 10.5. The number of carbonyl (C=O) groups excluding carboxylic acids is 1. The molecule has 3 aromatic rings. The molecule has 1 N–H and O–H groups in total. The van der Waals surface area contributed by atoms with Gasteiger partial charge in [0.1, 0.15) is 16.8 Å². The molecule has 2 heterocycles. The molecule has 0 bridgehead atoms. The van der Waals surface area contributed by atoms with Crippen LogP contribution in [0.2, 0.25) is 0 Å². The number of likely N-dealkylation sites (N-methyl/N-ethyl adjacent to an activating group) is 1. The Morgan fingerprint density at radius 1 is 1.27 bits per heavy atom. The van der Waals surface area contributed by atoms with Gasteiger partial charge in [-0.2, -0.15) is 5.26 Å². The van der Waals surface area contributed by atoms with Gasteiger partial charge in [0.2, 0.25) is 0 Å². The number of benzene rings is 2. The van der Waals surface area contributed by atoms with Crippen LogP contribution in [0.25, 0.3) is 21.0 Å². The third kappa shape index (κ3) is 5.20. The molecule has 1 aliphatic heterocycles. The van der Waals surface area contributed by atoms with Crippen molar-refractivity contribution in [3.63, 3.8) is 0 Å². The fraction of sp³-hybridized carbons (Fsp3) is 0.414. The number of nitrogens with one attached hydrogen (secondary N) is 1. The highest BCUT2D eigenvalue weighted by atomic mass is 32.1. The van der Waals surface area contributed by atoms with Gasteiger partial charge in [-0.15, -0.1) is 11.3 Å². The first-order chi connectivity index (χ1) is 17.8. The Morgan fingerprint density at radius 2 is 2.11 bits per heavy atom. The number of hydrogen-bond donors (Lipinski definition) is 1. The number of nitriles is 1. The third-order valence-corrected chi connectivity index (χ3v) is 8.31. The van der Waals surface area contributed by atoms with E-state index in [9.17, 15) is 10.1 Å². The van der Waals surface area contributed by atoms with Gasteiger partial charge in [0.25, 0.3) is 0 Å². The Hall–Kier alpha value is -3.41. The second-order valence-corrected chi connectivity index (χ2v) is 11.3. The van der Waals surface area contributed by atoms with Crippen molar-refractivity contribution < 1.29 is 9.53 Å². The number of aromatic nitrogens is 1. The van der Waals surface area contributed by atoms with Gasteiger partial charge in [0.15, 0.2) is 0 Å². The van der Waals surface area contributed by atoms with Gasteiger partial charge in [-0.1, -0.05) is 18.2 Å². The molecule has 1 aliphatic carbocycles. The topological polar surface area (TPSA) is 81.5 Å². The number of urea groups is 1. The van der Waals surface area contributed by atoms with Gasteiger partial charge in [0.05, 0.1) is 22.6 Å². The van der Waals surface area contributed by atoms with Crippen LogP contribution in [0.4, 0.5) is 4.79 Å². The summed E-state index contributed by atoms with van der Waals surface area (Å²) in [6, 6.07) is 14.7. The molecule has 2 aliphatic rings. The molecule has 1 fully saturated rings. The SMILES string of the molecule is CC(C)Oc1ccc(-c2ncc(-c3cccc4c3CC[C@H]4NC(=O)N3CC[C@H](N(C)C)C3)s2)cc1C#N. The number of hydrogen-bond acceptors (Lipinski definition) is 6. The van der Waals surface area contributed by atoms with E-state index in [1.165, 1.54) is 16.7 Å². The van der Waals surface area contributed by atoms with Crippen LogP contribution in [0.1, 0.15) is 49.4 Å². The van der Waals surface area contributed by atoms with Crippen molar-refractivity contribution in [1.29, 1.82) is 5.26 Å². The molecule has 2 aromatic carbocycles. The minimum absolute atomic E-state index is 0.00325. The van der Waals surface area contributed by atoms with Gasteiger partial charge >= 0.3 is 6.03 Å². The van der Waals surface area contributed by atoms with Crippen LogP contribution in [0.5, 0.6) is 5.75 Å². The maximum absolute atomic E-state index is 13.0. The predicted molar refractivity (Wildman–Crippen MR) is 147 cm³/mol. The smallest absolute Gasteiger partial charge is 0.317 e. The Morgan fingerprint density at radius 3 is 2.84 bits per heavy atom. The average Bonchev–Trinajstić information content (AvgIpc) is 3.64. The lowest BCUT2D eigenvalue weighted by molar-refractivity contribution is 0.199. The quantitative estimate of drug-likeness (QED) is 0.471. The zero-order chi connectivity index (χ0) is 26.1. The van der Waals surface area contributed by atoms with E-state index < -0.39 is 0 Å². The van der Waals surface area contributed by atoms with Gasteiger partial charge in [-0.05, 0) is 82.1 Å². The summed E-state index contributed by atoms with van der Waals surface area (Å²) in [6.07, 6.45) is 4.76. The summed E-state index contributed by atoms with van der Waals surface area (Å²) in [6.45, 7) is 5.48. The van der Waals surface area contributed by atoms with Crippen molar-refractivity contribution in [3.05, 3.63) is 59.3 Å². The minimum Gasteiger partial charge on any atom is -0.490 e. The largest absolute Gasteiger partial charge is 0.490 e. The number of nitrogens with zero attached hydrogens (tertiary/aromatic N) is 4. The van der Waals surface area contributed by atoms with Crippen molar-refractivity contribution >= 4 is 17.4 Å². The molecule has 0 saturated carbocycles. The molecular weight excluding hydrogens is 482 g/mol. The third-order valence-electron chi connectivity index (χ3n) is 7.23. The van der Waals surface area contributed by atoms with E-state index in [-0.39, 0.29) is 18.2 Å². The molecule has 0 radical (unpaired) electrons. The van der Waals surface area contributed by atoms with E-state index in [1.54, 1.807) is 11.3 Å². The molecule has 2 amide bonds. The Bertz CT molecular complexity index is 1340. The van der Waals surface area contributed by atoms with Crippen molar-refractivity contribution in [3.8, 4) is 32.8 Å². The molecule has 0 unspecified atom stereocenters. The van der Waals surface area contributed by atoms with E-state index in [0.29, 0.717) is 17.4 Å². The lowest BCUT2D eigenvalue weighted by Crippen LogP contribution is -2.41. The number of rotatable bonds is 6. The molecule has 1 aromatic heterocycles. The predicted octanol–water partition coefficient (Wildman–Crippen LogP) is 5.47. The summed E-state index contributed by atoms with van der Waals surface area (Å²) in [5.41, 5.74) is 5.08. The van der Waals surface area contributed by atoms with E-state index in [1.807, 2.05) is 43.1 Å². The highest BCUT2D eigenvalue weighted by Crippen LogP contribution is 2.41. The fourth-order valence-corrected chi connectivity index (χ4v) is 6.23. The summed E-state index contributed by atoms with van der Waals surface area (Å²) in [4.78, 5) is 22.9. The molecular formula is C29H33N5O2S. The molecule has 5 rings (SSSR count). The summed E-state index contributed by atoms with van der Waals surface area (Å²) in [5, 5.41) is 13.8. The molecule has 37 heavy (non-hydrogen) atoms. The van der Waals surface area contributed by atoms with Crippen molar-refractivity contribution in [2.75, 3.05) is 27.2 Å². The maximum Gasteiger partial charge on any atom is 0.317 e. The highest BCUT2D eigenvalue weighted by molar-refractivity contribution is 7.18. The zero-order valence-electron chi connectivity index (χ0n) is 21.8. The average molecular weight is 516 g/mol. The Labute approximate surface area is 222 Å². The first-order valence-electron chi connectivity index (χ1n) is 12.8. The minimum atomic E-state index is 0.00325. The molecule has 0 spiro atoms. The lowest BCUT2D eigenvalue weighted by atomic mass is 10.0. The molecule has 2 atom stereocenters. The molecule has 7 nitrogen and oxygen atoms in total. The molecule has 1 saturated heterocycles. The fourth-order valence-electron chi connectivity index (χ4n) is 5.26. The zero-order valence-corrected chi connectivity index (χ0v) is 22.6. The maximum atomic E-state index is 13.0.